The third-order valence-corrected chi connectivity index (χ3v) is 14.2. The van der Waals surface area contributed by atoms with Crippen LogP contribution >= 0.6 is 0 Å². The minimum atomic E-state index is -1.17. The van der Waals surface area contributed by atoms with Gasteiger partial charge in [-0.1, -0.05) is 49.8 Å². The summed E-state index contributed by atoms with van der Waals surface area (Å²) in [7, 11) is 0. The van der Waals surface area contributed by atoms with Gasteiger partial charge in [0, 0.05) is 45.1 Å². The lowest BCUT2D eigenvalue weighted by Gasteiger charge is -2.61. The maximum atomic E-state index is 11.4. The first-order valence-electron chi connectivity index (χ1n) is 21.0. The van der Waals surface area contributed by atoms with E-state index in [0.717, 1.165) is 25.7 Å². The van der Waals surface area contributed by atoms with E-state index in [0.29, 0.717) is 51.4 Å². The van der Waals surface area contributed by atoms with Gasteiger partial charge >= 0.3 is 0 Å². The third kappa shape index (κ3) is 7.25. The number of ether oxygens (including phenoxy) is 8. The molecule has 0 spiro atoms. The molecule has 0 saturated carbocycles. The van der Waals surface area contributed by atoms with Gasteiger partial charge in [0.25, 0.3) is 0 Å². The molecule has 0 amide bonds. The number of aliphatic hydroxyl groups excluding tert-OH is 2. The van der Waals surface area contributed by atoms with Crippen LogP contribution in [0.2, 0.25) is 0 Å². The van der Waals surface area contributed by atoms with E-state index in [2.05, 4.69) is 33.8 Å². The van der Waals surface area contributed by atoms with Crippen LogP contribution in [0.15, 0.2) is 36.5 Å². The predicted molar refractivity (Wildman–Crippen MR) is 200 cm³/mol. The quantitative estimate of drug-likeness (QED) is 0.235. The van der Waals surface area contributed by atoms with Gasteiger partial charge in [0.1, 0.15) is 23.4 Å². The molecule has 11 nitrogen and oxygen atoms in total. The van der Waals surface area contributed by atoms with E-state index in [-0.39, 0.29) is 73.8 Å². The van der Waals surface area contributed by atoms with Crippen LogP contribution in [0.25, 0.3) is 0 Å². The van der Waals surface area contributed by atoms with Gasteiger partial charge in [-0.25, -0.2) is 0 Å². The van der Waals surface area contributed by atoms with Gasteiger partial charge in [0.15, 0.2) is 0 Å². The zero-order valence-electron chi connectivity index (χ0n) is 33.3. The molecule has 304 valence electrons. The van der Waals surface area contributed by atoms with Gasteiger partial charge in [0.2, 0.25) is 0 Å². The van der Waals surface area contributed by atoms with Crippen molar-refractivity contribution in [1.82, 2.24) is 0 Å². The molecule has 8 aliphatic heterocycles. The van der Waals surface area contributed by atoms with Gasteiger partial charge in [-0.2, -0.15) is 0 Å². The van der Waals surface area contributed by atoms with Gasteiger partial charge in [-0.05, 0) is 66.7 Å². The molecule has 0 aromatic heterocycles. The minimum absolute atomic E-state index is 0.0990. The maximum absolute atomic E-state index is 11.4. The van der Waals surface area contributed by atoms with Crippen molar-refractivity contribution in [3.05, 3.63) is 36.5 Å². The summed E-state index contributed by atoms with van der Waals surface area (Å²) in [5, 5.41) is 32.1. The van der Waals surface area contributed by atoms with Crippen molar-refractivity contribution in [1.29, 1.82) is 0 Å². The lowest BCUT2D eigenvalue weighted by atomic mass is 9.72. The first-order chi connectivity index (χ1) is 25.7. The summed E-state index contributed by atoms with van der Waals surface area (Å²) in [6.07, 6.45) is 17.5. The Labute approximate surface area is 321 Å². The number of hydrogen-bond acceptors (Lipinski definition) is 11. The molecular formula is C43H66O11. The second kappa shape index (κ2) is 14.9. The van der Waals surface area contributed by atoms with Crippen LogP contribution in [0.3, 0.4) is 0 Å². The van der Waals surface area contributed by atoms with E-state index in [1.54, 1.807) is 6.92 Å². The molecule has 3 N–H and O–H groups in total. The lowest BCUT2D eigenvalue weighted by Crippen LogP contribution is -2.72. The highest BCUT2D eigenvalue weighted by molar-refractivity contribution is 5.20. The molecule has 0 radical (unpaired) electrons. The number of aliphatic hydroxyl groups is 3. The summed E-state index contributed by atoms with van der Waals surface area (Å²) in [5.74, 6) is 0. The Morgan fingerprint density at radius 2 is 1.54 bits per heavy atom. The zero-order valence-corrected chi connectivity index (χ0v) is 33.3. The Bertz CT molecular complexity index is 1430. The fourth-order valence-corrected chi connectivity index (χ4v) is 11.1. The molecule has 7 saturated heterocycles. The fraction of sp³-hybridized carbons (Fsp3) is 0.860. The van der Waals surface area contributed by atoms with Crippen LogP contribution in [0, 0.1) is 0 Å². The zero-order chi connectivity index (χ0) is 38.1. The summed E-state index contributed by atoms with van der Waals surface area (Å²) >= 11 is 0. The number of hydrogen-bond donors (Lipinski definition) is 3. The number of rotatable bonds is 7. The van der Waals surface area contributed by atoms with Crippen LogP contribution in [0.1, 0.15) is 119 Å². The van der Waals surface area contributed by atoms with Crippen molar-refractivity contribution in [2.75, 3.05) is 6.61 Å². The summed E-state index contributed by atoms with van der Waals surface area (Å²) in [4.78, 5) is 0. The van der Waals surface area contributed by atoms with Crippen LogP contribution < -0.4 is 0 Å². The highest BCUT2D eigenvalue weighted by Crippen LogP contribution is 2.54. The van der Waals surface area contributed by atoms with Gasteiger partial charge in [-0.3, -0.25) is 0 Å². The predicted octanol–water partition coefficient (Wildman–Crippen LogP) is 5.16. The third-order valence-electron chi connectivity index (χ3n) is 14.2. The topological polar surface area (TPSA) is 135 Å². The molecule has 0 bridgehead atoms. The first-order valence-corrected chi connectivity index (χ1v) is 21.0. The SMILES string of the molecule is CCC/C=C/C=C\[C@H]1O[C@H]2C[C@H]3O[C@H]4CC[C@H]5O[C@H]6C[C@@]7(C)O[C@@]8(C)[C@@H](O)C[C@H](CCCO)O[C@@H]8C[C@@H]7O[C@@H]6C[C@@H]5O[C@]4(C)C[C@]3(C)O[C@@H]2C=C[C@]1(C)O. The average molecular weight is 759 g/mol. The molecule has 8 aliphatic rings. The highest BCUT2D eigenvalue weighted by Gasteiger charge is 2.64. The molecule has 7 fully saturated rings. The molecule has 8 heterocycles. The van der Waals surface area contributed by atoms with Gasteiger partial charge in [0.05, 0.1) is 83.9 Å². The van der Waals surface area contributed by atoms with Crippen molar-refractivity contribution in [2.45, 2.75) is 226 Å². The summed E-state index contributed by atoms with van der Waals surface area (Å²) in [5.41, 5.74) is -3.85. The monoisotopic (exact) mass is 758 g/mol. The summed E-state index contributed by atoms with van der Waals surface area (Å²) < 4.78 is 54.9. The molecule has 0 unspecified atom stereocenters. The largest absolute Gasteiger partial charge is 0.396 e. The molecular weight excluding hydrogens is 692 g/mol. The first kappa shape index (κ1) is 39.6. The van der Waals surface area contributed by atoms with Crippen LogP contribution in [0.5, 0.6) is 0 Å². The number of unbranched alkanes of at least 4 members (excludes halogenated alkanes) is 1. The Morgan fingerprint density at radius 1 is 0.741 bits per heavy atom. The molecule has 18 atom stereocenters. The van der Waals surface area contributed by atoms with E-state index in [4.69, 9.17) is 37.9 Å². The number of allylic oxidation sites excluding steroid dienone is 3. The normalized spacial score (nSPS) is 54.3. The smallest absolute Gasteiger partial charge is 0.118 e. The lowest BCUT2D eigenvalue weighted by molar-refractivity contribution is -0.369. The Balaban J connectivity index is 0.948. The van der Waals surface area contributed by atoms with Crippen LogP contribution in [0.4, 0.5) is 0 Å². The second-order valence-electron chi connectivity index (χ2n) is 18.8. The average Bonchev–Trinajstić information content (AvgIpc) is 3.31. The van der Waals surface area contributed by atoms with Gasteiger partial charge in [-0.15, -0.1) is 0 Å². The van der Waals surface area contributed by atoms with Crippen molar-refractivity contribution in [3.8, 4) is 0 Å². The van der Waals surface area contributed by atoms with Crippen molar-refractivity contribution in [3.63, 3.8) is 0 Å². The van der Waals surface area contributed by atoms with Crippen molar-refractivity contribution < 1.29 is 53.2 Å². The molecule has 0 aliphatic carbocycles. The van der Waals surface area contributed by atoms with E-state index >= 15 is 0 Å². The van der Waals surface area contributed by atoms with E-state index < -0.39 is 40.2 Å². The highest BCUT2D eigenvalue weighted by atomic mass is 16.6. The fourth-order valence-electron chi connectivity index (χ4n) is 11.1. The minimum Gasteiger partial charge on any atom is -0.396 e. The van der Waals surface area contributed by atoms with Crippen molar-refractivity contribution in [2.24, 2.45) is 0 Å². The van der Waals surface area contributed by atoms with Gasteiger partial charge < -0.3 is 53.2 Å². The molecule has 54 heavy (non-hydrogen) atoms. The van der Waals surface area contributed by atoms with E-state index in [1.165, 1.54) is 0 Å². The van der Waals surface area contributed by atoms with Crippen molar-refractivity contribution >= 4 is 0 Å². The Kier molecular flexibility index (Phi) is 10.9. The number of fused-ring (bicyclic) bond motifs is 7. The molecule has 8 rings (SSSR count). The van der Waals surface area contributed by atoms with Crippen LogP contribution in [-0.2, 0) is 37.9 Å². The summed E-state index contributed by atoms with van der Waals surface area (Å²) in [6.45, 7) is 12.4. The summed E-state index contributed by atoms with van der Waals surface area (Å²) in [6, 6.07) is 0. The standard InChI is InChI=1S/C43H66O11/c1-7-8-9-10-11-14-34-39(2,46)18-17-28-30(49-34)22-36-42(5,52-28)25-41(4)35(51-36)16-15-27-31(53-41)21-29-32(48-27)24-40(3)37(50-29)23-38-43(6,54-40)33(45)20-26(47-38)13-12-19-44/h9-11,14,17-18,26-38,44-46H,7-8,12-13,15-16,19-25H2,1-6H3/b10-9+,14-11-/t26-,27+,28+,29+,30-,31-,32-,33-,34+,35-,36+,37-,38+,39-,40+,41+,42-,43-/m0/s1. The van der Waals surface area contributed by atoms with Crippen LogP contribution in [-0.4, -0.2) is 129 Å². The Morgan fingerprint density at radius 3 is 2.33 bits per heavy atom. The Hall–Kier alpha value is -1.22. The van der Waals surface area contributed by atoms with E-state index in [1.807, 2.05) is 37.3 Å². The molecule has 0 aromatic carbocycles. The van der Waals surface area contributed by atoms with E-state index in [9.17, 15) is 15.3 Å². The molecule has 11 heteroatoms. The second-order valence-corrected chi connectivity index (χ2v) is 18.8. The molecule has 0 aromatic rings. The maximum Gasteiger partial charge on any atom is 0.118 e.